The van der Waals surface area contributed by atoms with E-state index in [1.807, 2.05) is 4.90 Å². The van der Waals surface area contributed by atoms with E-state index in [0.717, 1.165) is 15.3 Å². The monoisotopic (exact) mass is 385 g/mol. The SMILES string of the molecule is COC(=O)c1ccc(NC(=O)C2CN(c3nc4ccc(F)cc4s3)C2)cc1. The number of aromatic nitrogens is 1. The van der Waals surface area contributed by atoms with E-state index in [1.165, 1.54) is 30.6 Å². The maximum Gasteiger partial charge on any atom is 0.337 e. The van der Waals surface area contributed by atoms with Crippen LogP contribution in [0.3, 0.4) is 0 Å². The second kappa shape index (κ2) is 6.96. The number of methoxy groups -OCH3 is 1. The number of amides is 1. The molecule has 27 heavy (non-hydrogen) atoms. The summed E-state index contributed by atoms with van der Waals surface area (Å²) in [5.74, 6) is -0.923. The Bertz CT molecular complexity index is 1010. The van der Waals surface area contributed by atoms with Crippen molar-refractivity contribution in [1.82, 2.24) is 4.98 Å². The molecule has 1 aromatic heterocycles. The number of halogens is 1. The number of ether oxygens (including phenoxy) is 1. The van der Waals surface area contributed by atoms with E-state index in [9.17, 15) is 14.0 Å². The third kappa shape index (κ3) is 3.48. The van der Waals surface area contributed by atoms with E-state index in [2.05, 4.69) is 15.0 Å². The molecule has 1 N–H and O–H groups in total. The summed E-state index contributed by atoms with van der Waals surface area (Å²) in [6.07, 6.45) is 0. The van der Waals surface area contributed by atoms with Gasteiger partial charge in [0, 0.05) is 18.8 Å². The van der Waals surface area contributed by atoms with Crippen LogP contribution >= 0.6 is 11.3 Å². The van der Waals surface area contributed by atoms with Crippen molar-refractivity contribution in [3.8, 4) is 0 Å². The zero-order valence-electron chi connectivity index (χ0n) is 14.4. The smallest absolute Gasteiger partial charge is 0.337 e. The predicted octanol–water partition coefficient (Wildman–Crippen LogP) is 3.30. The van der Waals surface area contributed by atoms with E-state index >= 15 is 0 Å². The lowest BCUT2D eigenvalue weighted by molar-refractivity contribution is -0.120. The molecule has 0 aliphatic carbocycles. The van der Waals surface area contributed by atoms with Gasteiger partial charge in [0.25, 0.3) is 0 Å². The van der Waals surface area contributed by atoms with Gasteiger partial charge in [-0.25, -0.2) is 14.2 Å². The van der Waals surface area contributed by atoms with Crippen LogP contribution in [0.1, 0.15) is 10.4 Å². The normalized spacial score (nSPS) is 14.1. The molecule has 0 atom stereocenters. The van der Waals surface area contributed by atoms with E-state index in [4.69, 9.17) is 0 Å². The fourth-order valence-electron chi connectivity index (χ4n) is 2.87. The van der Waals surface area contributed by atoms with Gasteiger partial charge in [0.05, 0.1) is 28.8 Å². The molecular formula is C19H16FN3O3S. The van der Waals surface area contributed by atoms with Crippen molar-refractivity contribution in [3.05, 3.63) is 53.8 Å². The zero-order chi connectivity index (χ0) is 19.0. The molecule has 0 radical (unpaired) electrons. The Labute approximate surface area is 158 Å². The number of fused-ring (bicyclic) bond motifs is 1. The van der Waals surface area contributed by atoms with Crippen LogP contribution in [-0.2, 0) is 9.53 Å². The standard InChI is InChI=1S/C19H16FN3O3S/c1-26-18(25)11-2-5-14(6-3-11)21-17(24)12-9-23(10-12)19-22-15-7-4-13(20)8-16(15)27-19/h2-8,12H,9-10H2,1H3,(H,21,24). The molecule has 1 saturated heterocycles. The van der Waals surface area contributed by atoms with Crippen LogP contribution in [0.2, 0.25) is 0 Å². The number of nitrogens with zero attached hydrogens (tertiary/aromatic N) is 2. The molecule has 2 aromatic carbocycles. The van der Waals surface area contributed by atoms with Gasteiger partial charge in [0.1, 0.15) is 5.82 Å². The van der Waals surface area contributed by atoms with Gasteiger partial charge in [-0.3, -0.25) is 4.79 Å². The number of carbonyl (C=O) groups excluding carboxylic acids is 2. The molecule has 0 unspecified atom stereocenters. The highest BCUT2D eigenvalue weighted by Gasteiger charge is 2.34. The van der Waals surface area contributed by atoms with E-state index in [1.54, 1.807) is 30.3 Å². The van der Waals surface area contributed by atoms with Gasteiger partial charge in [-0.05, 0) is 42.5 Å². The fourth-order valence-corrected chi connectivity index (χ4v) is 3.88. The predicted molar refractivity (Wildman–Crippen MR) is 102 cm³/mol. The fraction of sp³-hybridized carbons (Fsp3) is 0.211. The maximum atomic E-state index is 13.3. The van der Waals surface area contributed by atoms with Crippen molar-refractivity contribution >= 4 is 44.2 Å². The van der Waals surface area contributed by atoms with Gasteiger partial charge in [-0.2, -0.15) is 0 Å². The van der Waals surface area contributed by atoms with Crippen molar-refractivity contribution < 1.29 is 18.7 Å². The van der Waals surface area contributed by atoms with Crippen LogP contribution in [-0.4, -0.2) is 37.1 Å². The van der Waals surface area contributed by atoms with Crippen molar-refractivity contribution in [1.29, 1.82) is 0 Å². The van der Waals surface area contributed by atoms with Crippen LogP contribution in [0.5, 0.6) is 0 Å². The molecule has 1 aliphatic rings. The molecule has 1 amide bonds. The Kier molecular flexibility index (Phi) is 4.49. The second-order valence-electron chi connectivity index (χ2n) is 6.27. The maximum absolute atomic E-state index is 13.3. The summed E-state index contributed by atoms with van der Waals surface area (Å²) in [5, 5.41) is 3.64. The molecule has 4 rings (SSSR count). The summed E-state index contributed by atoms with van der Waals surface area (Å²) in [5.41, 5.74) is 1.81. The van der Waals surface area contributed by atoms with Gasteiger partial charge in [-0.1, -0.05) is 11.3 Å². The highest BCUT2D eigenvalue weighted by Crippen LogP contribution is 2.33. The second-order valence-corrected chi connectivity index (χ2v) is 7.28. The van der Waals surface area contributed by atoms with Crippen molar-refractivity contribution in [2.75, 3.05) is 30.4 Å². The molecule has 138 valence electrons. The molecule has 0 bridgehead atoms. The average Bonchev–Trinajstić information content (AvgIpc) is 3.02. The Morgan fingerprint density at radius 1 is 1.22 bits per heavy atom. The van der Waals surface area contributed by atoms with Crippen LogP contribution in [0, 0.1) is 11.7 Å². The number of carbonyl (C=O) groups is 2. The minimum Gasteiger partial charge on any atom is -0.465 e. The lowest BCUT2D eigenvalue weighted by Crippen LogP contribution is -2.52. The summed E-state index contributed by atoms with van der Waals surface area (Å²) in [7, 11) is 1.32. The molecule has 0 saturated carbocycles. The van der Waals surface area contributed by atoms with E-state index in [0.29, 0.717) is 24.3 Å². The lowest BCUT2D eigenvalue weighted by Gasteiger charge is -2.37. The molecule has 6 nitrogen and oxygen atoms in total. The van der Waals surface area contributed by atoms with E-state index in [-0.39, 0.29) is 17.6 Å². The largest absolute Gasteiger partial charge is 0.465 e. The molecule has 0 spiro atoms. The first kappa shape index (κ1) is 17.4. The third-order valence-electron chi connectivity index (χ3n) is 4.44. The number of thiazole rings is 1. The third-order valence-corrected chi connectivity index (χ3v) is 5.51. The minimum atomic E-state index is -0.418. The lowest BCUT2D eigenvalue weighted by atomic mass is 10.00. The Balaban J connectivity index is 1.35. The van der Waals surface area contributed by atoms with Crippen LogP contribution in [0.15, 0.2) is 42.5 Å². The quantitative estimate of drug-likeness (QED) is 0.698. The summed E-state index contributed by atoms with van der Waals surface area (Å²) in [6.45, 7) is 1.13. The van der Waals surface area contributed by atoms with Gasteiger partial charge >= 0.3 is 5.97 Å². The van der Waals surface area contributed by atoms with Crippen LogP contribution in [0.4, 0.5) is 15.2 Å². The molecule has 8 heteroatoms. The van der Waals surface area contributed by atoms with Crippen molar-refractivity contribution in [3.63, 3.8) is 0 Å². The van der Waals surface area contributed by atoms with E-state index < -0.39 is 5.97 Å². The first-order valence-electron chi connectivity index (χ1n) is 8.34. The number of hydrogen-bond donors (Lipinski definition) is 1. The van der Waals surface area contributed by atoms with Crippen LogP contribution < -0.4 is 10.2 Å². The molecule has 1 fully saturated rings. The molecule has 2 heterocycles. The Morgan fingerprint density at radius 3 is 2.67 bits per heavy atom. The summed E-state index contributed by atoms with van der Waals surface area (Å²) < 4.78 is 18.7. The highest BCUT2D eigenvalue weighted by atomic mass is 32.1. The summed E-state index contributed by atoms with van der Waals surface area (Å²) in [6, 6.07) is 11.1. The first-order chi connectivity index (χ1) is 13.0. The Hall–Kier alpha value is -3.00. The number of anilines is 2. The molecular weight excluding hydrogens is 369 g/mol. The number of esters is 1. The van der Waals surface area contributed by atoms with Gasteiger partial charge < -0.3 is 15.0 Å². The average molecular weight is 385 g/mol. The van der Waals surface area contributed by atoms with Gasteiger partial charge in [0.2, 0.25) is 5.91 Å². The van der Waals surface area contributed by atoms with Crippen molar-refractivity contribution in [2.24, 2.45) is 5.92 Å². The molecule has 1 aliphatic heterocycles. The number of nitrogens with one attached hydrogen (secondary N) is 1. The summed E-state index contributed by atoms with van der Waals surface area (Å²) >= 11 is 1.42. The highest BCUT2D eigenvalue weighted by molar-refractivity contribution is 7.22. The number of hydrogen-bond acceptors (Lipinski definition) is 6. The zero-order valence-corrected chi connectivity index (χ0v) is 15.3. The van der Waals surface area contributed by atoms with Crippen molar-refractivity contribution in [2.45, 2.75) is 0 Å². The van der Waals surface area contributed by atoms with Gasteiger partial charge in [-0.15, -0.1) is 0 Å². The summed E-state index contributed by atoms with van der Waals surface area (Å²) in [4.78, 5) is 30.3. The minimum absolute atomic E-state index is 0.0794. The molecule has 3 aromatic rings. The number of rotatable bonds is 4. The topological polar surface area (TPSA) is 71.5 Å². The van der Waals surface area contributed by atoms with Crippen LogP contribution in [0.25, 0.3) is 10.2 Å². The van der Waals surface area contributed by atoms with Gasteiger partial charge in [0.15, 0.2) is 5.13 Å². The first-order valence-corrected chi connectivity index (χ1v) is 9.15. The number of benzene rings is 2. The Morgan fingerprint density at radius 2 is 1.96 bits per heavy atom.